The van der Waals surface area contributed by atoms with E-state index >= 15 is 0 Å². The second-order valence-electron chi connectivity index (χ2n) is 7.25. The number of rotatable bonds is 5. The quantitative estimate of drug-likeness (QED) is 0.363. The van der Waals surface area contributed by atoms with Gasteiger partial charge in [-0.2, -0.15) is 4.57 Å². The van der Waals surface area contributed by atoms with Crippen molar-refractivity contribution < 1.29 is 9.36 Å². The van der Waals surface area contributed by atoms with Crippen molar-refractivity contribution in [3.63, 3.8) is 0 Å². The van der Waals surface area contributed by atoms with Gasteiger partial charge in [-0.25, -0.2) is 0 Å². The molecule has 140 valence electrons. The van der Waals surface area contributed by atoms with Crippen LogP contribution in [-0.2, 0) is 20.0 Å². The van der Waals surface area contributed by atoms with Crippen LogP contribution in [0.1, 0.15) is 28.5 Å². The molecule has 0 N–H and O–H groups in total. The van der Waals surface area contributed by atoms with Crippen LogP contribution in [0.2, 0.25) is 0 Å². The van der Waals surface area contributed by atoms with Gasteiger partial charge in [-0.15, -0.1) is 0 Å². The third-order valence-corrected chi connectivity index (χ3v) is 5.47. The number of carbonyl (C=O) groups excluding carboxylic acids is 1. The molecule has 0 radical (unpaired) electrons. The van der Waals surface area contributed by atoms with Gasteiger partial charge < -0.3 is 4.57 Å². The zero-order valence-corrected chi connectivity index (χ0v) is 16.6. The second kappa shape index (κ2) is 7.43. The van der Waals surface area contributed by atoms with E-state index in [1.807, 2.05) is 44.3 Å². The summed E-state index contributed by atoms with van der Waals surface area (Å²) in [5.74, 6) is 0.136. The average Bonchev–Trinajstić information content (AvgIpc) is 3.03. The minimum Gasteiger partial charge on any atom is -0.343 e. The van der Waals surface area contributed by atoms with Crippen LogP contribution in [0.15, 0.2) is 72.9 Å². The maximum Gasteiger partial charge on any atom is 0.230 e. The van der Waals surface area contributed by atoms with Crippen molar-refractivity contribution in [3.05, 3.63) is 89.7 Å². The molecule has 0 saturated heterocycles. The van der Waals surface area contributed by atoms with Gasteiger partial charge in [0.2, 0.25) is 12.3 Å². The Hall–Kier alpha value is -3.20. The van der Waals surface area contributed by atoms with Gasteiger partial charge in [0.05, 0.1) is 11.3 Å². The number of benzene rings is 2. The first-order chi connectivity index (χ1) is 13.6. The molecule has 2 heterocycles. The number of hydrogen-bond donors (Lipinski definition) is 0. The summed E-state index contributed by atoms with van der Waals surface area (Å²) < 4.78 is 4.20. The summed E-state index contributed by atoms with van der Waals surface area (Å²) in [6.45, 7) is 4.52. The molecule has 3 nitrogen and oxygen atoms in total. The molecule has 4 aromatic rings. The highest BCUT2D eigenvalue weighted by molar-refractivity contribution is 6.13. The Labute approximate surface area is 165 Å². The zero-order valence-electron chi connectivity index (χ0n) is 16.6. The van der Waals surface area contributed by atoms with Crippen molar-refractivity contribution in [2.45, 2.75) is 26.8 Å². The van der Waals surface area contributed by atoms with Crippen LogP contribution in [0, 0.1) is 6.92 Å². The fourth-order valence-electron chi connectivity index (χ4n) is 3.89. The molecule has 0 unspecified atom stereocenters. The van der Waals surface area contributed by atoms with Crippen LogP contribution in [0.4, 0.5) is 0 Å². The molecule has 28 heavy (non-hydrogen) atoms. The van der Waals surface area contributed by atoms with E-state index in [2.05, 4.69) is 58.7 Å². The van der Waals surface area contributed by atoms with E-state index in [0.29, 0.717) is 6.54 Å². The van der Waals surface area contributed by atoms with Gasteiger partial charge in [0.25, 0.3) is 0 Å². The van der Waals surface area contributed by atoms with Crippen LogP contribution in [0.5, 0.6) is 0 Å². The number of fused-ring (bicyclic) bond motifs is 1. The summed E-state index contributed by atoms with van der Waals surface area (Å²) in [6.07, 6.45) is 3.05. The minimum atomic E-state index is 0.136. The van der Waals surface area contributed by atoms with Crippen LogP contribution in [0.3, 0.4) is 0 Å². The number of nitrogens with zero attached hydrogens (tertiary/aromatic N) is 2. The summed E-state index contributed by atoms with van der Waals surface area (Å²) in [5, 5.41) is 1.01. The molecule has 0 fully saturated rings. The maximum absolute atomic E-state index is 13.6. The van der Waals surface area contributed by atoms with E-state index in [1.54, 1.807) is 0 Å². The van der Waals surface area contributed by atoms with E-state index in [9.17, 15) is 4.79 Å². The molecule has 3 heteroatoms. The van der Waals surface area contributed by atoms with E-state index in [1.165, 1.54) is 5.56 Å². The average molecular weight is 369 g/mol. The van der Waals surface area contributed by atoms with Gasteiger partial charge in [0.15, 0.2) is 11.9 Å². The fourth-order valence-corrected chi connectivity index (χ4v) is 3.89. The third kappa shape index (κ3) is 3.13. The van der Waals surface area contributed by atoms with E-state index in [4.69, 9.17) is 0 Å². The first-order valence-electron chi connectivity index (χ1n) is 9.75. The number of ketones is 1. The molecule has 0 spiro atoms. The van der Waals surface area contributed by atoms with Crippen molar-refractivity contribution in [2.24, 2.45) is 7.05 Å². The van der Waals surface area contributed by atoms with E-state index < -0.39 is 0 Å². The monoisotopic (exact) mass is 369 g/mol. The molecule has 4 rings (SSSR count). The standard InChI is InChI=1S/C25H25N2O/c1-4-19-15-14-18(2)27(16-19)17-23(28)24-21-12-8-9-13-22(21)26(3)25(24)20-10-6-5-7-11-20/h5-16H,4,17H2,1-3H3/q+1. The summed E-state index contributed by atoms with van der Waals surface area (Å²) in [5.41, 5.74) is 6.25. The number of Topliss-reactive ketones (excluding diaryl/α,β-unsaturated/α-hetero) is 1. The number of hydrogen-bond acceptors (Lipinski definition) is 1. The van der Waals surface area contributed by atoms with E-state index in [0.717, 1.165) is 39.8 Å². The first-order valence-corrected chi connectivity index (χ1v) is 9.75. The van der Waals surface area contributed by atoms with Gasteiger partial charge in [-0.05, 0) is 24.1 Å². The van der Waals surface area contributed by atoms with Crippen LogP contribution < -0.4 is 4.57 Å². The highest BCUT2D eigenvalue weighted by atomic mass is 16.1. The fraction of sp³-hybridized carbons (Fsp3) is 0.200. The number of aryl methyl sites for hydroxylation is 3. The Morgan fingerprint density at radius 1 is 0.964 bits per heavy atom. The lowest BCUT2D eigenvalue weighted by atomic mass is 10.0. The van der Waals surface area contributed by atoms with Crippen molar-refractivity contribution in [1.29, 1.82) is 0 Å². The van der Waals surface area contributed by atoms with Gasteiger partial charge >= 0.3 is 0 Å². The summed E-state index contributed by atoms with van der Waals surface area (Å²) in [4.78, 5) is 13.6. The molecule has 0 bridgehead atoms. The molecule has 0 saturated carbocycles. The highest BCUT2D eigenvalue weighted by Gasteiger charge is 2.25. The predicted octanol–water partition coefficient (Wildman–Crippen LogP) is 4.89. The summed E-state index contributed by atoms with van der Waals surface area (Å²) >= 11 is 0. The normalized spacial score (nSPS) is 11.1. The van der Waals surface area contributed by atoms with Crippen LogP contribution in [-0.4, -0.2) is 10.4 Å². The van der Waals surface area contributed by atoms with Crippen LogP contribution >= 0.6 is 0 Å². The molecule has 0 atom stereocenters. The number of aromatic nitrogens is 2. The number of para-hydroxylation sites is 1. The molecule has 0 aliphatic rings. The molecule has 0 aliphatic heterocycles. The van der Waals surface area contributed by atoms with Crippen molar-refractivity contribution in [2.75, 3.05) is 0 Å². The SMILES string of the molecule is CCc1ccc(C)[n+](CC(=O)c2c(-c3ccccc3)n(C)c3ccccc23)c1. The minimum absolute atomic E-state index is 0.136. The smallest absolute Gasteiger partial charge is 0.230 e. The van der Waals surface area contributed by atoms with Gasteiger partial charge in [0, 0.05) is 36.5 Å². The molecular formula is C25H25N2O+. The Bertz CT molecular complexity index is 1160. The highest BCUT2D eigenvalue weighted by Crippen LogP contribution is 2.33. The van der Waals surface area contributed by atoms with Gasteiger partial charge in [-0.1, -0.05) is 55.5 Å². The van der Waals surface area contributed by atoms with Crippen LogP contribution in [0.25, 0.3) is 22.2 Å². The largest absolute Gasteiger partial charge is 0.343 e. The molecule has 2 aromatic carbocycles. The van der Waals surface area contributed by atoms with Crippen molar-refractivity contribution >= 4 is 16.7 Å². The number of carbonyl (C=O) groups is 1. The van der Waals surface area contributed by atoms with Gasteiger partial charge in [-0.3, -0.25) is 4.79 Å². The number of pyridine rings is 1. The lowest BCUT2D eigenvalue weighted by Gasteiger charge is -2.08. The lowest BCUT2D eigenvalue weighted by molar-refractivity contribution is -0.689. The topological polar surface area (TPSA) is 25.9 Å². The Morgan fingerprint density at radius 3 is 2.43 bits per heavy atom. The summed E-state index contributed by atoms with van der Waals surface area (Å²) in [7, 11) is 2.04. The Balaban J connectivity index is 1.87. The second-order valence-corrected chi connectivity index (χ2v) is 7.25. The van der Waals surface area contributed by atoms with Gasteiger partial charge in [0.1, 0.15) is 0 Å². The molecular weight excluding hydrogens is 344 g/mol. The predicted molar refractivity (Wildman–Crippen MR) is 113 cm³/mol. The maximum atomic E-state index is 13.6. The summed E-state index contributed by atoms with van der Waals surface area (Å²) in [6, 6.07) is 22.6. The third-order valence-electron chi connectivity index (χ3n) is 5.47. The first kappa shape index (κ1) is 18.2. The lowest BCUT2D eigenvalue weighted by Crippen LogP contribution is -2.41. The molecule has 0 aliphatic carbocycles. The van der Waals surface area contributed by atoms with Crippen molar-refractivity contribution in [1.82, 2.24) is 4.57 Å². The zero-order chi connectivity index (χ0) is 19.7. The Morgan fingerprint density at radius 2 is 1.68 bits per heavy atom. The van der Waals surface area contributed by atoms with E-state index in [-0.39, 0.29) is 5.78 Å². The Kier molecular flexibility index (Phi) is 4.82. The molecule has 2 aromatic heterocycles. The molecule has 0 amide bonds. The van der Waals surface area contributed by atoms with Crippen molar-refractivity contribution in [3.8, 4) is 11.3 Å².